The molecule has 3 aromatic rings. The summed E-state index contributed by atoms with van der Waals surface area (Å²) in [4.78, 5) is 19.3. The average Bonchev–Trinajstić information content (AvgIpc) is 2.82. The number of methoxy groups -OCH3 is 1. The number of nitrogens with zero attached hydrogens (tertiary/aromatic N) is 2. The molecule has 1 fully saturated rings. The number of anilines is 2. The molecule has 3 aromatic carbocycles. The summed E-state index contributed by atoms with van der Waals surface area (Å²) < 4.78 is 5.49. The smallest absolute Gasteiger partial charge is 0.238 e. The topological polar surface area (TPSA) is 44.8 Å². The van der Waals surface area contributed by atoms with E-state index in [9.17, 15) is 4.79 Å². The van der Waals surface area contributed by atoms with E-state index in [-0.39, 0.29) is 5.91 Å². The third-order valence-electron chi connectivity index (χ3n) is 5.37. The molecule has 0 aliphatic carbocycles. The van der Waals surface area contributed by atoms with Crippen molar-refractivity contribution >= 4 is 40.6 Å². The first-order chi connectivity index (χ1) is 15.6. The van der Waals surface area contributed by atoms with E-state index in [0.717, 1.165) is 53.1 Å². The van der Waals surface area contributed by atoms with Crippen molar-refractivity contribution in [1.82, 2.24) is 4.90 Å². The van der Waals surface area contributed by atoms with E-state index in [2.05, 4.69) is 21.2 Å². The number of hydrogen-bond donors (Lipinski definition) is 1. The van der Waals surface area contributed by atoms with Crippen molar-refractivity contribution < 1.29 is 9.53 Å². The number of ether oxygens (including phenoxy) is 1. The van der Waals surface area contributed by atoms with Gasteiger partial charge in [-0.05, 0) is 48.5 Å². The van der Waals surface area contributed by atoms with Crippen molar-refractivity contribution in [2.24, 2.45) is 0 Å². The van der Waals surface area contributed by atoms with E-state index in [1.54, 1.807) is 18.9 Å². The van der Waals surface area contributed by atoms with Crippen LogP contribution in [0.5, 0.6) is 5.75 Å². The Labute approximate surface area is 198 Å². The Hall–Kier alpha value is -2.67. The Morgan fingerprint density at radius 1 is 0.969 bits per heavy atom. The molecule has 5 nitrogen and oxygen atoms in total. The SMILES string of the molecule is COc1ccccc1N1CCN(CC(=O)Nc2ccccc2Sc2ccc(Cl)cc2)CC1. The predicted octanol–water partition coefficient (Wildman–Crippen LogP) is 5.26. The molecule has 4 rings (SSSR count). The molecule has 166 valence electrons. The van der Waals surface area contributed by atoms with Crippen LogP contribution in [0.3, 0.4) is 0 Å². The number of benzene rings is 3. The van der Waals surface area contributed by atoms with Gasteiger partial charge in [0.15, 0.2) is 0 Å². The van der Waals surface area contributed by atoms with Crippen LogP contribution in [-0.2, 0) is 4.79 Å². The molecule has 1 amide bonds. The summed E-state index contributed by atoms with van der Waals surface area (Å²) in [6.45, 7) is 3.74. The van der Waals surface area contributed by atoms with Crippen LogP contribution < -0.4 is 15.0 Å². The highest BCUT2D eigenvalue weighted by Crippen LogP contribution is 2.34. The second-order valence-electron chi connectivity index (χ2n) is 7.54. The number of halogens is 1. The summed E-state index contributed by atoms with van der Waals surface area (Å²) in [6.07, 6.45) is 0. The number of rotatable bonds is 7. The fraction of sp³-hybridized carbons (Fsp3) is 0.240. The first-order valence-corrected chi connectivity index (χ1v) is 11.7. The van der Waals surface area contributed by atoms with Crippen molar-refractivity contribution in [1.29, 1.82) is 0 Å². The summed E-state index contributed by atoms with van der Waals surface area (Å²) in [5.41, 5.74) is 1.93. The number of nitrogens with one attached hydrogen (secondary N) is 1. The van der Waals surface area contributed by atoms with E-state index in [1.165, 1.54) is 0 Å². The van der Waals surface area contributed by atoms with Crippen LogP contribution in [0, 0.1) is 0 Å². The molecule has 1 N–H and O–H groups in total. The van der Waals surface area contributed by atoms with Gasteiger partial charge >= 0.3 is 0 Å². The second-order valence-corrected chi connectivity index (χ2v) is 9.09. The summed E-state index contributed by atoms with van der Waals surface area (Å²) in [6, 6.07) is 23.6. The van der Waals surface area contributed by atoms with Crippen molar-refractivity contribution in [3.8, 4) is 5.75 Å². The molecule has 0 radical (unpaired) electrons. The first kappa shape index (κ1) is 22.5. The molecule has 0 bridgehead atoms. The zero-order chi connectivity index (χ0) is 22.3. The molecular formula is C25H26ClN3O2S. The number of para-hydroxylation sites is 3. The van der Waals surface area contributed by atoms with Crippen LogP contribution in [0.25, 0.3) is 0 Å². The maximum atomic E-state index is 12.8. The fourth-order valence-corrected chi connectivity index (χ4v) is 4.75. The van der Waals surface area contributed by atoms with E-state index in [1.807, 2.05) is 66.7 Å². The fourth-order valence-electron chi connectivity index (χ4n) is 3.72. The first-order valence-electron chi connectivity index (χ1n) is 10.5. The largest absolute Gasteiger partial charge is 0.495 e. The third-order valence-corrected chi connectivity index (χ3v) is 6.70. The maximum absolute atomic E-state index is 12.8. The summed E-state index contributed by atoms with van der Waals surface area (Å²) >= 11 is 7.59. The molecule has 1 heterocycles. The molecule has 7 heteroatoms. The predicted molar refractivity (Wildman–Crippen MR) is 132 cm³/mol. The minimum atomic E-state index is -0.0000946. The molecule has 0 saturated carbocycles. The van der Waals surface area contributed by atoms with Crippen LogP contribution in [0.2, 0.25) is 5.02 Å². The van der Waals surface area contributed by atoms with Gasteiger partial charge in [-0.3, -0.25) is 9.69 Å². The molecule has 32 heavy (non-hydrogen) atoms. The lowest BCUT2D eigenvalue weighted by Crippen LogP contribution is -2.48. The molecule has 1 aliphatic rings. The van der Waals surface area contributed by atoms with Gasteiger partial charge in [0.2, 0.25) is 5.91 Å². The Balaban J connectivity index is 1.32. The second kappa shape index (κ2) is 10.8. The molecule has 0 atom stereocenters. The van der Waals surface area contributed by atoms with Crippen LogP contribution in [0.1, 0.15) is 0 Å². The van der Waals surface area contributed by atoms with Gasteiger partial charge in [-0.1, -0.05) is 47.6 Å². The Bertz CT molecular complexity index is 1050. The number of amides is 1. The van der Waals surface area contributed by atoms with Gasteiger partial charge in [0.05, 0.1) is 25.0 Å². The molecular weight excluding hydrogens is 442 g/mol. The Kier molecular flexibility index (Phi) is 7.58. The summed E-state index contributed by atoms with van der Waals surface area (Å²) in [5, 5.41) is 3.80. The minimum absolute atomic E-state index is 0.0000946. The zero-order valence-corrected chi connectivity index (χ0v) is 19.5. The molecule has 1 saturated heterocycles. The van der Waals surface area contributed by atoms with Crippen LogP contribution >= 0.6 is 23.4 Å². The highest BCUT2D eigenvalue weighted by Gasteiger charge is 2.21. The van der Waals surface area contributed by atoms with Gasteiger partial charge in [-0.2, -0.15) is 0 Å². The molecule has 0 spiro atoms. The van der Waals surface area contributed by atoms with Crippen molar-refractivity contribution in [3.05, 3.63) is 77.8 Å². The van der Waals surface area contributed by atoms with E-state index in [0.29, 0.717) is 11.6 Å². The van der Waals surface area contributed by atoms with Gasteiger partial charge in [0, 0.05) is 41.0 Å². The Morgan fingerprint density at radius 3 is 2.41 bits per heavy atom. The molecule has 0 aromatic heterocycles. The number of carbonyl (C=O) groups excluding carboxylic acids is 1. The van der Waals surface area contributed by atoms with Crippen molar-refractivity contribution in [2.75, 3.05) is 50.1 Å². The van der Waals surface area contributed by atoms with Crippen LogP contribution in [-0.4, -0.2) is 50.6 Å². The lowest BCUT2D eigenvalue weighted by Gasteiger charge is -2.36. The maximum Gasteiger partial charge on any atom is 0.238 e. The van der Waals surface area contributed by atoms with Crippen molar-refractivity contribution in [3.63, 3.8) is 0 Å². The third kappa shape index (κ3) is 5.76. The lowest BCUT2D eigenvalue weighted by molar-refractivity contribution is -0.117. The zero-order valence-electron chi connectivity index (χ0n) is 18.0. The quantitative estimate of drug-likeness (QED) is 0.513. The highest BCUT2D eigenvalue weighted by molar-refractivity contribution is 7.99. The molecule has 0 unspecified atom stereocenters. The minimum Gasteiger partial charge on any atom is -0.495 e. The standard InChI is InChI=1S/C25H26ClN3O2S/c1-31-23-8-4-3-7-22(23)29-16-14-28(15-17-29)18-25(30)27-21-6-2-5-9-24(21)32-20-12-10-19(26)11-13-20/h2-13H,14-18H2,1H3,(H,27,30). The van der Waals surface area contributed by atoms with Gasteiger partial charge in [0.1, 0.15) is 5.75 Å². The Morgan fingerprint density at radius 2 is 1.66 bits per heavy atom. The number of hydrogen-bond acceptors (Lipinski definition) is 5. The average molecular weight is 468 g/mol. The number of carbonyl (C=O) groups is 1. The van der Waals surface area contributed by atoms with Gasteiger partial charge in [-0.25, -0.2) is 0 Å². The van der Waals surface area contributed by atoms with E-state index >= 15 is 0 Å². The normalized spacial score (nSPS) is 14.2. The summed E-state index contributed by atoms with van der Waals surface area (Å²) in [5.74, 6) is 0.883. The molecule has 1 aliphatic heterocycles. The van der Waals surface area contributed by atoms with Gasteiger partial charge < -0.3 is 15.0 Å². The summed E-state index contributed by atoms with van der Waals surface area (Å²) in [7, 11) is 1.70. The van der Waals surface area contributed by atoms with Gasteiger partial charge in [0.25, 0.3) is 0 Å². The van der Waals surface area contributed by atoms with Gasteiger partial charge in [-0.15, -0.1) is 0 Å². The van der Waals surface area contributed by atoms with E-state index in [4.69, 9.17) is 16.3 Å². The number of piperazine rings is 1. The lowest BCUT2D eigenvalue weighted by atomic mass is 10.2. The van der Waals surface area contributed by atoms with E-state index < -0.39 is 0 Å². The highest BCUT2D eigenvalue weighted by atomic mass is 35.5. The van der Waals surface area contributed by atoms with Crippen molar-refractivity contribution in [2.45, 2.75) is 9.79 Å². The van der Waals surface area contributed by atoms with Crippen LogP contribution in [0.4, 0.5) is 11.4 Å². The van der Waals surface area contributed by atoms with Crippen LogP contribution in [0.15, 0.2) is 82.6 Å². The monoisotopic (exact) mass is 467 g/mol.